The minimum absolute atomic E-state index is 0.682. The molecule has 0 aliphatic heterocycles. The highest BCUT2D eigenvalue weighted by molar-refractivity contribution is 6.33. The van der Waals surface area contributed by atoms with Crippen LogP contribution >= 0.6 is 0 Å². The van der Waals surface area contributed by atoms with E-state index < -0.39 is 0 Å². The second-order valence-electron chi connectivity index (χ2n) is 4.51. The Balaban J connectivity index is 2.26. The van der Waals surface area contributed by atoms with Crippen molar-refractivity contribution in [2.45, 2.75) is 63.2 Å². The van der Waals surface area contributed by atoms with Gasteiger partial charge in [-0.05, 0) is 19.9 Å². The summed E-state index contributed by atoms with van der Waals surface area (Å²) in [6.45, 7) is 0. The minimum atomic E-state index is 0.682. The lowest BCUT2D eigenvalue weighted by Gasteiger charge is -2.20. The molecule has 1 saturated carbocycles. The molecule has 0 heterocycles. The highest BCUT2D eigenvalue weighted by atomic mass is 14.9. The summed E-state index contributed by atoms with van der Waals surface area (Å²) in [5.41, 5.74) is 5.63. The fourth-order valence-electron chi connectivity index (χ4n) is 2.36. The second kappa shape index (κ2) is 7.30. The maximum Gasteiger partial charge on any atom is 0.205 e. The van der Waals surface area contributed by atoms with E-state index in [0.29, 0.717) is 5.82 Å². The van der Waals surface area contributed by atoms with Crippen molar-refractivity contribution in [3.8, 4) is 0 Å². The topological polar surface area (TPSA) is 38.0 Å². The largest absolute Gasteiger partial charge is 0.374 e. The van der Waals surface area contributed by atoms with Crippen LogP contribution in [0.5, 0.6) is 0 Å². The van der Waals surface area contributed by atoms with Gasteiger partial charge in [0.1, 0.15) is 0 Å². The smallest absolute Gasteiger partial charge is 0.205 e. The average molecular weight is 195 g/mol. The van der Waals surface area contributed by atoms with Gasteiger partial charge in [-0.1, -0.05) is 44.3 Å². The number of rotatable bonds is 2. The van der Waals surface area contributed by atoms with Crippen molar-refractivity contribution in [1.82, 2.24) is 5.32 Å². The third kappa shape index (κ3) is 4.47. The molecule has 1 rings (SSSR count). The first-order valence-corrected chi connectivity index (χ1v) is 6.09. The molecule has 1 radical (unpaired) electrons. The van der Waals surface area contributed by atoms with Gasteiger partial charge in [0.15, 0.2) is 0 Å². The summed E-state index contributed by atoms with van der Waals surface area (Å²) in [6.07, 6.45) is 10.7. The summed E-state index contributed by atoms with van der Waals surface area (Å²) in [5, 5.41) is 3.41. The van der Waals surface area contributed by atoms with Gasteiger partial charge in [0.25, 0.3) is 0 Å². The van der Waals surface area contributed by atoms with Crippen molar-refractivity contribution in [3.63, 3.8) is 0 Å². The zero-order valence-corrected chi connectivity index (χ0v) is 9.47. The van der Waals surface area contributed by atoms with E-state index in [2.05, 4.69) is 12.4 Å². The van der Waals surface area contributed by atoms with E-state index in [1.165, 1.54) is 51.4 Å². The van der Waals surface area contributed by atoms with Crippen molar-refractivity contribution >= 4 is 7.41 Å². The molecule has 0 aromatic carbocycles. The average Bonchev–Trinajstić information content (AvgIpc) is 2.25. The van der Waals surface area contributed by atoms with E-state index in [9.17, 15) is 0 Å². The van der Waals surface area contributed by atoms with Crippen LogP contribution in [0.25, 0.3) is 0 Å². The quantitative estimate of drug-likeness (QED) is 0.662. The summed E-state index contributed by atoms with van der Waals surface area (Å²) in [4.78, 5) is 0. The Kier molecular flexibility index (Phi) is 6.29. The van der Waals surface area contributed by atoms with Gasteiger partial charge in [0.05, 0.1) is 0 Å². The maximum atomic E-state index is 5.63. The molecule has 0 amide bonds. The van der Waals surface area contributed by atoms with Gasteiger partial charge < -0.3 is 11.0 Å². The monoisotopic (exact) mass is 195 g/mol. The third-order valence-corrected chi connectivity index (χ3v) is 3.44. The fourth-order valence-corrected chi connectivity index (χ4v) is 2.36. The van der Waals surface area contributed by atoms with Crippen LogP contribution in [0.15, 0.2) is 0 Å². The van der Waals surface area contributed by atoms with Crippen LogP contribution in [-0.4, -0.2) is 20.5 Å². The predicted octanol–water partition coefficient (Wildman–Crippen LogP) is 2.08. The van der Waals surface area contributed by atoms with E-state index in [1.54, 1.807) is 0 Å². The first-order valence-electron chi connectivity index (χ1n) is 6.09. The van der Waals surface area contributed by atoms with E-state index in [0.717, 1.165) is 6.04 Å². The van der Waals surface area contributed by atoms with Gasteiger partial charge in [-0.2, -0.15) is 0 Å². The van der Waals surface area contributed by atoms with Crippen LogP contribution in [0.1, 0.15) is 51.4 Å². The molecule has 1 aliphatic carbocycles. The van der Waals surface area contributed by atoms with Gasteiger partial charge in [-0.15, -0.1) is 0 Å². The van der Waals surface area contributed by atoms with E-state index in [1.807, 2.05) is 7.41 Å². The third-order valence-electron chi connectivity index (χ3n) is 3.44. The lowest BCUT2D eigenvalue weighted by molar-refractivity contribution is 0.419. The Morgan fingerprint density at radius 2 is 1.50 bits per heavy atom. The van der Waals surface area contributed by atoms with Crippen LogP contribution in [0.3, 0.4) is 0 Å². The Morgan fingerprint density at radius 1 is 1.00 bits per heavy atom. The molecule has 0 atom stereocenters. The Morgan fingerprint density at radius 3 is 1.93 bits per heavy atom. The van der Waals surface area contributed by atoms with E-state index in [-0.39, 0.29) is 0 Å². The number of nitrogens with one attached hydrogen (secondary N) is 1. The van der Waals surface area contributed by atoms with Gasteiger partial charge in [0, 0.05) is 6.04 Å². The zero-order chi connectivity index (χ0) is 10.2. The molecule has 1 fully saturated rings. The molecule has 0 saturated heterocycles. The van der Waals surface area contributed by atoms with Crippen molar-refractivity contribution in [2.24, 2.45) is 5.64 Å². The summed E-state index contributed by atoms with van der Waals surface area (Å²) in [7, 11) is 4.00. The molecule has 0 unspecified atom stereocenters. The normalized spacial score (nSPS) is 31.0. The molecular weight excluding hydrogens is 171 g/mol. The fraction of sp³-hybridized carbons (Fsp3) is 1.00. The van der Waals surface area contributed by atoms with E-state index in [4.69, 9.17) is 5.64 Å². The second-order valence-corrected chi connectivity index (χ2v) is 4.51. The van der Waals surface area contributed by atoms with Crippen molar-refractivity contribution < 1.29 is 0 Å². The highest BCUT2D eigenvalue weighted by Gasteiger charge is 2.12. The summed E-state index contributed by atoms with van der Waals surface area (Å²) < 4.78 is 0. The molecule has 0 aromatic heterocycles. The van der Waals surface area contributed by atoms with Gasteiger partial charge >= 0.3 is 0 Å². The lowest BCUT2D eigenvalue weighted by atomic mass is 9.70. The molecule has 0 aromatic rings. The molecule has 14 heavy (non-hydrogen) atoms. The summed E-state index contributed by atoms with van der Waals surface area (Å²) in [5.74, 6) is 0.682. The predicted molar refractivity (Wildman–Crippen MR) is 63.5 cm³/mol. The van der Waals surface area contributed by atoms with Crippen LogP contribution < -0.4 is 11.0 Å². The SMILES string of the molecule is CNC1CCCCC([B]N)CCCC1. The zero-order valence-electron chi connectivity index (χ0n) is 9.47. The molecular formula is C11H24BN2. The first-order chi connectivity index (χ1) is 6.86. The highest BCUT2D eigenvalue weighted by Crippen LogP contribution is 2.23. The van der Waals surface area contributed by atoms with Crippen molar-refractivity contribution in [2.75, 3.05) is 7.05 Å². The Labute approximate surface area is 89.3 Å². The van der Waals surface area contributed by atoms with Gasteiger partial charge in [0.2, 0.25) is 7.41 Å². The molecule has 2 nitrogen and oxygen atoms in total. The molecule has 0 bridgehead atoms. The Bertz CT molecular complexity index is 113. The standard InChI is InChI=1S/C11H24BN2/c1-14-11-8-4-2-6-10(12-13)7-3-5-9-11/h10-11,14H,2-9,13H2,1H3. The lowest BCUT2D eigenvalue weighted by Crippen LogP contribution is -2.25. The van der Waals surface area contributed by atoms with Crippen LogP contribution in [-0.2, 0) is 0 Å². The van der Waals surface area contributed by atoms with Gasteiger partial charge in [-0.3, -0.25) is 0 Å². The van der Waals surface area contributed by atoms with Crippen LogP contribution in [0.2, 0.25) is 5.82 Å². The molecule has 1 aliphatic rings. The maximum absolute atomic E-state index is 5.63. The van der Waals surface area contributed by atoms with Crippen LogP contribution in [0, 0.1) is 0 Å². The van der Waals surface area contributed by atoms with Crippen molar-refractivity contribution in [1.29, 1.82) is 0 Å². The number of hydrogen-bond donors (Lipinski definition) is 2. The van der Waals surface area contributed by atoms with E-state index >= 15 is 0 Å². The molecule has 3 N–H and O–H groups in total. The summed E-state index contributed by atoms with van der Waals surface area (Å²) >= 11 is 0. The minimum Gasteiger partial charge on any atom is -0.374 e. The number of nitrogens with two attached hydrogens (primary N) is 1. The van der Waals surface area contributed by atoms with Crippen molar-refractivity contribution in [3.05, 3.63) is 0 Å². The Hall–Kier alpha value is -0.0151. The molecule has 0 spiro atoms. The summed E-state index contributed by atoms with van der Waals surface area (Å²) in [6, 6.07) is 0.758. The molecule has 81 valence electrons. The first kappa shape index (κ1) is 12.1. The van der Waals surface area contributed by atoms with Gasteiger partial charge in [-0.25, -0.2) is 0 Å². The van der Waals surface area contributed by atoms with Crippen LogP contribution in [0.4, 0.5) is 0 Å². The number of hydrogen-bond acceptors (Lipinski definition) is 2. The molecule has 3 heteroatoms.